The fourth-order valence-corrected chi connectivity index (χ4v) is 3.16. The molecule has 3 rings (SSSR count). The second-order valence-electron chi connectivity index (χ2n) is 6.49. The molecule has 1 aromatic heterocycles. The van der Waals surface area contributed by atoms with Crippen LogP contribution in [0.2, 0.25) is 0 Å². The largest absolute Gasteiger partial charge is 0.496 e. The van der Waals surface area contributed by atoms with E-state index in [1.54, 1.807) is 32.3 Å². The number of rotatable bonds is 9. The second-order valence-corrected chi connectivity index (χ2v) is 6.49. The molecular formula is C23H25NO5. The Bertz CT molecular complexity index is 936. The van der Waals surface area contributed by atoms with Gasteiger partial charge < -0.3 is 23.5 Å². The van der Waals surface area contributed by atoms with Gasteiger partial charge in [-0.15, -0.1) is 0 Å². The van der Waals surface area contributed by atoms with Crippen molar-refractivity contribution in [1.29, 1.82) is 0 Å². The number of carbonyl (C=O) groups excluding carboxylic acids is 1. The molecule has 6 nitrogen and oxygen atoms in total. The van der Waals surface area contributed by atoms with Crippen LogP contribution >= 0.6 is 0 Å². The number of benzene rings is 2. The number of amides is 1. The van der Waals surface area contributed by atoms with Gasteiger partial charge in [0.05, 0.1) is 33.2 Å². The van der Waals surface area contributed by atoms with Crippen LogP contribution in [0.5, 0.6) is 17.2 Å². The zero-order valence-electron chi connectivity index (χ0n) is 16.9. The summed E-state index contributed by atoms with van der Waals surface area (Å²) in [6.07, 6.45) is 3.63. The zero-order valence-corrected chi connectivity index (χ0v) is 16.9. The summed E-state index contributed by atoms with van der Waals surface area (Å²) < 4.78 is 21.2. The maximum absolute atomic E-state index is 13.0. The predicted molar refractivity (Wildman–Crippen MR) is 110 cm³/mol. The molecule has 0 fully saturated rings. The summed E-state index contributed by atoms with van der Waals surface area (Å²) in [7, 11) is 4.85. The highest BCUT2D eigenvalue weighted by Gasteiger charge is 2.19. The van der Waals surface area contributed by atoms with Crippen molar-refractivity contribution in [1.82, 2.24) is 4.90 Å². The number of nitrogens with zero attached hydrogens (tertiary/aromatic N) is 1. The molecule has 1 heterocycles. The van der Waals surface area contributed by atoms with Crippen LogP contribution in [0.25, 0.3) is 0 Å². The van der Waals surface area contributed by atoms with Crippen molar-refractivity contribution in [2.75, 3.05) is 27.9 Å². The van der Waals surface area contributed by atoms with Gasteiger partial charge in [0.15, 0.2) is 11.5 Å². The van der Waals surface area contributed by atoms with E-state index in [4.69, 9.17) is 18.6 Å². The zero-order chi connectivity index (χ0) is 20.6. The lowest BCUT2D eigenvalue weighted by atomic mass is 10.1. The number of para-hydroxylation sites is 1. The number of carbonyl (C=O) groups is 1. The molecule has 0 unspecified atom stereocenters. The monoisotopic (exact) mass is 395 g/mol. The van der Waals surface area contributed by atoms with Crippen molar-refractivity contribution < 1.29 is 23.4 Å². The maximum atomic E-state index is 13.0. The smallest absolute Gasteiger partial charge is 0.257 e. The molecule has 0 radical (unpaired) electrons. The number of hydrogen-bond donors (Lipinski definition) is 0. The first-order chi connectivity index (χ1) is 14.2. The summed E-state index contributed by atoms with van der Waals surface area (Å²) >= 11 is 0. The molecule has 0 aliphatic rings. The van der Waals surface area contributed by atoms with E-state index in [2.05, 4.69) is 0 Å². The Morgan fingerprint density at radius 3 is 2.38 bits per heavy atom. The molecule has 0 N–H and O–H groups in total. The molecule has 0 spiro atoms. The lowest BCUT2D eigenvalue weighted by molar-refractivity contribution is 0.0743. The first kappa shape index (κ1) is 20.3. The third-order valence-corrected chi connectivity index (χ3v) is 4.73. The van der Waals surface area contributed by atoms with E-state index in [1.807, 2.05) is 42.5 Å². The quantitative estimate of drug-likeness (QED) is 0.544. The Hall–Kier alpha value is -3.41. The van der Waals surface area contributed by atoms with Gasteiger partial charge in [0, 0.05) is 18.7 Å². The van der Waals surface area contributed by atoms with Gasteiger partial charge in [0.1, 0.15) is 12.0 Å². The fourth-order valence-electron chi connectivity index (χ4n) is 3.16. The predicted octanol–water partition coefficient (Wildman–Crippen LogP) is 4.19. The van der Waals surface area contributed by atoms with Crippen LogP contribution in [0, 0.1) is 0 Å². The van der Waals surface area contributed by atoms with Crippen LogP contribution in [0.15, 0.2) is 65.5 Å². The van der Waals surface area contributed by atoms with Gasteiger partial charge in [-0.25, -0.2) is 0 Å². The summed E-state index contributed by atoms with van der Waals surface area (Å²) in [5.74, 6) is 2.01. The summed E-state index contributed by atoms with van der Waals surface area (Å²) in [6, 6.07) is 15.2. The van der Waals surface area contributed by atoms with E-state index in [9.17, 15) is 4.79 Å². The molecule has 152 valence electrons. The molecular weight excluding hydrogens is 370 g/mol. The van der Waals surface area contributed by atoms with E-state index in [-0.39, 0.29) is 5.91 Å². The van der Waals surface area contributed by atoms with Crippen LogP contribution in [0.1, 0.15) is 21.5 Å². The fraction of sp³-hybridized carbons (Fsp3) is 0.261. The lowest BCUT2D eigenvalue weighted by Gasteiger charge is -2.23. The lowest BCUT2D eigenvalue weighted by Crippen LogP contribution is -2.32. The summed E-state index contributed by atoms with van der Waals surface area (Å²) in [4.78, 5) is 14.8. The standard InChI is InChI=1S/C23H25NO5/c1-26-20-7-5-4-6-18(20)15-24(23(25)19-11-13-29-16-19)12-10-17-8-9-21(27-2)22(14-17)28-3/h4-9,11,13-14,16H,10,12,15H2,1-3H3. The highest BCUT2D eigenvalue weighted by Crippen LogP contribution is 2.28. The number of furan rings is 1. The normalized spacial score (nSPS) is 10.4. The first-order valence-electron chi connectivity index (χ1n) is 9.30. The van der Waals surface area contributed by atoms with E-state index in [0.717, 1.165) is 16.9 Å². The van der Waals surface area contributed by atoms with Crippen LogP contribution in [-0.4, -0.2) is 38.7 Å². The second kappa shape index (κ2) is 9.68. The Morgan fingerprint density at radius 1 is 0.931 bits per heavy atom. The van der Waals surface area contributed by atoms with E-state index >= 15 is 0 Å². The van der Waals surface area contributed by atoms with E-state index < -0.39 is 0 Å². The van der Waals surface area contributed by atoms with Crippen molar-refractivity contribution in [3.05, 3.63) is 77.7 Å². The third-order valence-electron chi connectivity index (χ3n) is 4.73. The molecule has 1 amide bonds. The Morgan fingerprint density at radius 2 is 1.69 bits per heavy atom. The minimum absolute atomic E-state index is 0.0925. The number of ether oxygens (including phenoxy) is 3. The van der Waals surface area contributed by atoms with E-state index in [0.29, 0.717) is 36.6 Å². The van der Waals surface area contributed by atoms with Gasteiger partial charge >= 0.3 is 0 Å². The molecule has 0 aliphatic carbocycles. The van der Waals surface area contributed by atoms with Crippen LogP contribution in [0.4, 0.5) is 0 Å². The minimum Gasteiger partial charge on any atom is -0.496 e. The summed E-state index contributed by atoms with van der Waals surface area (Å²) in [5, 5.41) is 0. The molecule has 2 aromatic carbocycles. The minimum atomic E-state index is -0.0925. The van der Waals surface area contributed by atoms with E-state index in [1.165, 1.54) is 12.5 Å². The van der Waals surface area contributed by atoms with Gasteiger partial charge in [-0.05, 0) is 36.2 Å². The molecule has 0 saturated carbocycles. The van der Waals surface area contributed by atoms with Crippen molar-refractivity contribution in [3.8, 4) is 17.2 Å². The van der Waals surface area contributed by atoms with Gasteiger partial charge in [-0.2, -0.15) is 0 Å². The Labute approximate surface area is 170 Å². The summed E-state index contributed by atoms with van der Waals surface area (Å²) in [6.45, 7) is 0.957. The average Bonchev–Trinajstić information content (AvgIpc) is 3.31. The van der Waals surface area contributed by atoms with Crippen LogP contribution in [0.3, 0.4) is 0 Å². The van der Waals surface area contributed by atoms with Gasteiger partial charge in [0.25, 0.3) is 5.91 Å². The Kier molecular flexibility index (Phi) is 6.79. The Balaban J connectivity index is 1.81. The molecule has 0 atom stereocenters. The van der Waals surface area contributed by atoms with Gasteiger partial charge in [-0.1, -0.05) is 24.3 Å². The third kappa shape index (κ3) is 4.90. The average molecular weight is 395 g/mol. The number of methoxy groups -OCH3 is 3. The van der Waals surface area contributed by atoms with Gasteiger partial charge in [0.2, 0.25) is 0 Å². The van der Waals surface area contributed by atoms with Crippen LogP contribution in [-0.2, 0) is 13.0 Å². The maximum Gasteiger partial charge on any atom is 0.257 e. The molecule has 6 heteroatoms. The SMILES string of the molecule is COc1ccccc1CN(CCc1ccc(OC)c(OC)c1)C(=O)c1ccoc1. The van der Waals surface area contributed by atoms with Crippen molar-refractivity contribution >= 4 is 5.91 Å². The molecule has 0 saturated heterocycles. The van der Waals surface area contributed by atoms with Crippen molar-refractivity contribution in [3.63, 3.8) is 0 Å². The molecule has 3 aromatic rings. The van der Waals surface area contributed by atoms with Gasteiger partial charge in [-0.3, -0.25) is 4.79 Å². The molecule has 0 bridgehead atoms. The van der Waals surface area contributed by atoms with Crippen LogP contribution < -0.4 is 14.2 Å². The topological polar surface area (TPSA) is 61.1 Å². The van der Waals surface area contributed by atoms with Crippen molar-refractivity contribution in [2.45, 2.75) is 13.0 Å². The molecule has 29 heavy (non-hydrogen) atoms. The van der Waals surface area contributed by atoms with Crippen molar-refractivity contribution in [2.24, 2.45) is 0 Å². The highest BCUT2D eigenvalue weighted by atomic mass is 16.5. The summed E-state index contributed by atoms with van der Waals surface area (Å²) in [5.41, 5.74) is 2.51. The number of hydrogen-bond acceptors (Lipinski definition) is 5. The highest BCUT2D eigenvalue weighted by molar-refractivity contribution is 5.93. The molecule has 0 aliphatic heterocycles. The first-order valence-corrected chi connectivity index (χ1v) is 9.30.